The highest BCUT2D eigenvalue weighted by atomic mass is 32.2. The maximum atomic E-state index is 12.2. The molecule has 1 aromatic heterocycles. The van der Waals surface area contributed by atoms with Crippen molar-refractivity contribution in [2.45, 2.75) is 44.4 Å². The van der Waals surface area contributed by atoms with Crippen LogP contribution in [0.1, 0.15) is 26.5 Å². The highest BCUT2D eigenvalue weighted by Gasteiger charge is 2.17. The summed E-state index contributed by atoms with van der Waals surface area (Å²) in [6.07, 6.45) is 0.800. The average Bonchev–Trinajstić information content (AvgIpc) is 3.06. The molecule has 0 radical (unpaired) electrons. The van der Waals surface area contributed by atoms with Crippen LogP contribution in [0.15, 0.2) is 52.0 Å². The molecule has 25 heavy (non-hydrogen) atoms. The molecule has 0 aliphatic rings. The van der Waals surface area contributed by atoms with Gasteiger partial charge >= 0.3 is 0 Å². The van der Waals surface area contributed by atoms with E-state index in [9.17, 15) is 13.2 Å². The van der Waals surface area contributed by atoms with Crippen LogP contribution in [0.3, 0.4) is 0 Å². The SMILES string of the molecule is CC(C)NC(=O)C(C)Oc1ccc(S(=O)(=O)NCc2ccco2)cc1. The van der Waals surface area contributed by atoms with Crippen LogP contribution in [0, 0.1) is 0 Å². The molecule has 0 saturated carbocycles. The van der Waals surface area contributed by atoms with E-state index in [1.807, 2.05) is 13.8 Å². The fourth-order valence-electron chi connectivity index (χ4n) is 2.02. The molecule has 2 rings (SSSR count). The number of carbonyl (C=O) groups excluding carboxylic acids is 1. The summed E-state index contributed by atoms with van der Waals surface area (Å²) < 4.78 is 37.5. The van der Waals surface area contributed by atoms with Gasteiger partial charge in [-0.2, -0.15) is 0 Å². The number of hydrogen-bond donors (Lipinski definition) is 2. The van der Waals surface area contributed by atoms with Crippen molar-refractivity contribution in [3.8, 4) is 5.75 Å². The molecule has 0 aliphatic heterocycles. The Hall–Kier alpha value is -2.32. The Morgan fingerprint density at radius 1 is 1.16 bits per heavy atom. The van der Waals surface area contributed by atoms with Crippen molar-refractivity contribution in [1.82, 2.24) is 10.0 Å². The van der Waals surface area contributed by atoms with E-state index >= 15 is 0 Å². The van der Waals surface area contributed by atoms with E-state index in [-0.39, 0.29) is 23.4 Å². The molecule has 1 heterocycles. The zero-order valence-corrected chi connectivity index (χ0v) is 15.2. The molecule has 1 amide bonds. The Labute approximate surface area is 147 Å². The average molecular weight is 366 g/mol. The molecule has 1 unspecified atom stereocenters. The molecule has 1 atom stereocenters. The summed E-state index contributed by atoms with van der Waals surface area (Å²) in [6.45, 7) is 5.42. The van der Waals surface area contributed by atoms with Crippen LogP contribution in [0.4, 0.5) is 0 Å². The van der Waals surface area contributed by atoms with Gasteiger partial charge in [-0.25, -0.2) is 13.1 Å². The van der Waals surface area contributed by atoms with Crippen LogP contribution in [0.5, 0.6) is 5.75 Å². The molecular formula is C17H22N2O5S. The second-order valence-electron chi connectivity index (χ2n) is 5.80. The number of sulfonamides is 1. The zero-order chi connectivity index (χ0) is 18.4. The topological polar surface area (TPSA) is 97.6 Å². The number of carbonyl (C=O) groups is 1. The van der Waals surface area contributed by atoms with Gasteiger partial charge in [0.25, 0.3) is 5.91 Å². The Morgan fingerprint density at radius 2 is 1.84 bits per heavy atom. The molecule has 8 heteroatoms. The Morgan fingerprint density at radius 3 is 2.40 bits per heavy atom. The summed E-state index contributed by atoms with van der Waals surface area (Å²) in [5.74, 6) is 0.705. The standard InChI is InChI=1S/C17H22N2O5S/c1-12(2)19-17(20)13(3)24-14-6-8-16(9-7-14)25(21,22)18-11-15-5-4-10-23-15/h4-10,12-13,18H,11H2,1-3H3,(H,19,20). The van der Waals surface area contributed by atoms with Gasteiger partial charge in [0.05, 0.1) is 17.7 Å². The van der Waals surface area contributed by atoms with Crippen molar-refractivity contribution in [3.05, 3.63) is 48.4 Å². The minimum atomic E-state index is -3.66. The number of furan rings is 1. The lowest BCUT2D eigenvalue weighted by Crippen LogP contribution is -2.40. The van der Waals surface area contributed by atoms with E-state index in [0.29, 0.717) is 11.5 Å². The predicted molar refractivity (Wildman–Crippen MR) is 92.5 cm³/mol. The molecule has 2 N–H and O–H groups in total. The number of amides is 1. The van der Waals surface area contributed by atoms with Gasteiger partial charge in [0.15, 0.2) is 6.10 Å². The van der Waals surface area contributed by atoms with Crippen molar-refractivity contribution in [2.75, 3.05) is 0 Å². The van der Waals surface area contributed by atoms with Gasteiger partial charge in [0.1, 0.15) is 11.5 Å². The third-order valence-corrected chi connectivity index (χ3v) is 4.68. The Kier molecular flexibility index (Phi) is 6.22. The zero-order valence-electron chi connectivity index (χ0n) is 14.4. The lowest BCUT2D eigenvalue weighted by atomic mass is 10.3. The van der Waals surface area contributed by atoms with E-state index < -0.39 is 16.1 Å². The fraction of sp³-hybridized carbons (Fsp3) is 0.353. The first kappa shape index (κ1) is 19.0. The number of rotatable bonds is 8. The summed E-state index contributed by atoms with van der Waals surface area (Å²) in [4.78, 5) is 11.9. The molecule has 0 spiro atoms. The molecule has 0 bridgehead atoms. The van der Waals surface area contributed by atoms with Gasteiger partial charge in [-0.3, -0.25) is 4.79 Å². The number of benzene rings is 1. The van der Waals surface area contributed by atoms with Gasteiger partial charge in [-0.1, -0.05) is 0 Å². The first-order valence-corrected chi connectivity index (χ1v) is 9.35. The van der Waals surface area contributed by atoms with Crippen molar-refractivity contribution >= 4 is 15.9 Å². The van der Waals surface area contributed by atoms with Crippen LogP contribution >= 0.6 is 0 Å². The summed E-state index contributed by atoms with van der Waals surface area (Å²) in [6, 6.07) is 9.27. The molecule has 136 valence electrons. The first-order valence-electron chi connectivity index (χ1n) is 7.87. The number of hydrogen-bond acceptors (Lipinski definition) is 5. The maximum absolute atomic E-state index is 12.2. The molecule has 0 aliphatic carbocycles. The summed E-state index contributed by atoms with van der Waals surface area (Å²) in [7, 11) is -3.66. The molecule has 7 nitrogen and oxygen atoms in total. The van der Waals surface area contributed by atoms with Gasteiger partial charge < -0.3 is 14.5 Å². The van der Waals surface area contributed by atoms with Gasteiger partial charge in [0, 0.05) is 6.04 Å². The second-order valence-corrected chi connectivity index (χ2v) is 7.57. The minimum Gasteiger partial charge on any atom is -0.481 e. The molecular weight excluding hydrogens is 344 g/mol. The van der Waals surface area contributed by atoms with E-state index in [4.69, 9.17) is 9.15 Å². The second kappa shape index (κ2) is 8.17. The summed E-state index contributed by atoms with van der Waals surface area (Å²) >= 11 is 0. The van der Waals surface area contributed by atoms with E-state index in [1.165, 1.54) is 30.5 Å². The van der Waals surface area contributed by atoms with Gasteiger partial charge in [0.2, 0.25) is 10.0 Å². The van der Waals surface area contributed by atoms with Crippen molar-refractivity contribution in [1.29, 1.82) is 0 Å². The van der Waals surface area contributed by atoms with E-state index in [1.54, 1.807) is 19.1 Å². The van der Waals surface area contributed by atoms with Crippen LogP contribution < -0.4 is 14.8 Å². The van der Waals surface area contributed by atoms with E-state index in [0.717, 1.165) is 0 Å². The summed E-state index contributed by atoms with van der Waals surface area (Å²) in [5.41, 5.74) is 0. The number of nitrogens with one attached hydrogen (secondary N) is 2. The highest BCUT2D eigenvalue weighted by Crippen LogP contribution is 2.17. The minimum absolute atomic E-state index is 0.0197. The quantitative estimate of drug-likeness (QED) is 0.745. The Bertz CT molecular complexity index is 783. The van der Waals surface area contributed by atoms with Crippen molar-refractivity contribution in [3.63, 3.8) is 0 Å². The van der Waals surface area contributed by atoms with Crippen molar-refractivity contribution in [2.24, 2.45) is 0 Å². The molecule has 1 aromatic carbocycles. The molecule has 0 fully saturated rings. The van der Waals surface area contributed by atoms with Crippen LogP contribution in [-0.4, -0.2) is 26.5 Å². The normalized spacial score (nSPS) is 12.8. The number of ether oxygens (including phenoxy) is 1. The fourth-order valence-corrected chi connectivity index (χ4v) is 3.01. The maximum Gasteiger partial charge on any atom is 0.260 e. The van der Waals surface area contributed by atoms with Gasteiger partial charge in [-0.15, -0.1) is 0 Å². The lowest BCUT2D eigenvalue weighted by Gasteiger charge is -2.16. The predicted octanol–water partition coefficient (Wildman–Crippen LogP) is 2.05. The van der Waals surface area contributed by atoms with Gasteiger partial charge in [-0.05, 0) is 57.2 Å². The van der Waals surface area contributed by atoms with E-state index in [2.05, 4.69) is 10.0 Å². The third kappa shape index (κ3) is 5.61. The summed E-state index contributed by atoms with van der Waals surface area (Å²) in [5, 5.41) is 2.75. The smallest absolute Gasteiger partial charge is 0.260 e. The Balaban J connectivity index is 1.97. The first-order chi connectivity index (χ1) is 11.8. The molecule has 0 saturated heterocycles. The van der Waals surface area contributed by atoms with Crippen LogP contribution in [0.2, 0.25) is 0 Å². The van der Waals surface area contributed by atoms with Crippen LogP contribution in [-0.2, 0) is 21.4 Å². The monoisotopic (exact) mass is 366 g/mol. The largest absolute Gasteiger partial charge is 0.481 e. The van der Waals surface area contributed by atoms with Crippen molar-refractivity contribution < 1.29 is 22.4 Å². The lowest BCUT2D eigenvalue weighted by molar-refractivity contribution is -0.127. The third-order valence-electron chi connectivity index (χ3n) is 3.26. The molecule has 2 aromatic rings. The van der Waals surface area contributed by atoms with Crippen LogP contribution in [0.25, 0.3) is 0 Å². The highest BCUT2D eigenvalue weighted by molar-refractivity contribution is 7.89.